The largest absolute Gasteiger partial charge is 0.382 e. The van der Waals surface area contributed by atoms with Crippen molar-refractivity contribution < 1.29 is 26.7 Å². The molecule has 0 unspecified atom stereocenters. The Morgan fingerprint density at radius 2 is 1.54 bits per heavy atom. The Bertz CT molecular complexity index is 987. The molecule has 0 aliphatic heterocycles. The number of fused-ring (bicyclic) bond motifs is 1. The number of carbonyl (C=O) groups is 1. The van der Waals surface area contributed by atoms with Gasteiger partial charge in [0.1, 0.15) is 11.8 Å². The van der Waals surface area contributed by atoms with Gasteiger partial charge in [0.05, 0.1) is 5.56 Å². The zero-order valence-electron chi connectivity index (χ0n) is 11.7. The lowest BCUT2D eigenvalue weighted by atomic mass is 10.1. The second-order valence-corrected chi connectivity index (χ2v) is 4.68. The lowest BCUT2D eigenvalue weighted by Crippen LogP contribution is -2.09. The van der Waals surface area contributed by atoms with E-state index in [1.807, 2.05) is 0 Å². The third-order valence-electron chi connectivity index (χ3n) is 3.20. The van der Waals surface area contributed by atoms with E-state index in [9.17, 15) is 26.7 Å². The molecule has 2 heterocycles. The highest BCUT2D eigenvalue weighted by atomic mass is 19.2. The van der Waals surface area contributed by atoms with E-state index in [4.69, 9.17) is 5.73 Å². The molecular formula is C13H6F5N5O. The summed E-state index contributed by atoms with van der Waals surface area (Å²) in [5.74, 6) is -12.5. The Balaban J connectivity index is 2.35. The molecule has 0 spiro atoms. The predicted octanol–water partition coefficient (Wildman–Crippen LogP) is 2.43. The van der Waals surface area contributed by atoms with Crippen LogP contribution in [0.2, 0.25) is 0 Å². The Morgan fingerprint density at radius 3 is 2.08 bits per heavy atom. The van der Waals surface area contributed by atoms with Crippen molar-refractivity contribution in [1.29, 1.82) is 0 Å². The first-order valence-electron chi connectivity index (χ1n) is 6.27. The summed E-state index contributed by atoms with van der Waals surface area (Å²) in [7, 11) is 0. The zero-order chi connectivity index (χ0) is 17.8. The second kappa shape index (κ2) is 5.22. The Morgan fingerprint density at radius 1 is 1.00 bits per heavy atom. The quantitative estimate of drug-likeness (QED) is 0.417. The topological polar surface area (TPSA) is 86.7 Å². The maximum absolute atomic E-state index is 13.8. The molecule has 11 heteroatoms. The molecule has 0 bridgehead atoms. The molecule has 0 fully saturated rings. The number of nitrogens with two attached hydrogens (primary N) is 1. The van der Waals surface area contributed by atoms with E-state index in [0.29, 0.717) is 0 Å². The van der Waals surface area contributed by atoms with Gasteiger partial charge in [-0.05, 0) is 0 Å². The highest BCUT2D eigenvalue weighted by Gasteiger charge is 2.29. The van der Waals surface area contributed by atoms with Gasteiger partial charge in [0.25, 0.3) is 0 Å². The van der Waals surface area contributed by atoms with Gasteiger partial charge in [0.15, 0.2) is 40.6 Å². The van der Waals surface area contributed by atoms with E-state index >= 15 is 0 Å². The van der Waals surface area contributed by atoms with E-state index in [-0.39, 0.29) is 11.2 Å². The van der Waals surface area contributed by atoms with Crippen LogP contribution in [0.15, 0.2) is 6.33 Å². The number of nitrogen functional groups attached to an aromatic ring is 1. The van der Waals surface area contributed by atoms with E-state index in [1.54, 1.807) is 0 Å². The molecular weight excluding hydrogens is 337 g/mol. The summed E-state index contributed by atoms with van der Waals surface area (Å²) in [6.07, 6.45) is 1.04. The first-order valence-corrected chi connectivity index (χ1v) is 6.27. The second-order valence-electron chi connectivity index (χ2n) is 4.68. The fourth-order valence-electron chi connectivity index (χ4n) is 2.10. The lowest BCUT2D eigenvalue weighted by Gasteiger charge is -2.08. The van der Waals surface area contributed by atoms with E-state index < -0.39 is 52.2 Å². The van der Waals surface area contributed by atoms with Gasteiger partial charge in [-0.1, -0.05) is 0 Å². The lowest BCUT2D eigenvalue weighted by molar-refractivity contribution is 0.0941. The molecule has 0 saturated heterocycles. The van der Waals surface area contributed by atoms with E-state index in [1.165, 1.54) is 6.92 Å². The molecule has 1 aromatic carbocycles. The van der Waals surface area contributed by atoms with Gasteiger partial charge < -0.3 is 5.73 Å². The van der Waals surface area contributed by atoms with Crippen LogP contribution in [0.5, 0.6) is 0 Å². The minimum Gasteiger partial charge on any atom is -0.382 e. The maximum atomic E-state index is 13.8. The third-order valence-corrected chi connectivity index (χ3v) is 3.20. The Kier molecular flexibility index (Phi) is 3.43. The number of nitrogens with zero attached hydrogens (tertiary/aromatic N) is 4. The molecule has 24 heavy (non-hydrogen) atoms. The van der Waals surface area contributed by atoms with Gasteiger partial charge in [-0.15, -0.1) is 0 Å². The van der Waals surface area contributed by atoms with Crippen LogP contribution in [-0.2, 0) is 0 Å². The number of hydrogen-bond donors (Lipinski definition) is 1. The smallest absolute Gasteiger partial charge is 0.229 e. The van der Waals surface area contributed by atoms with Gasteiger partial charge >= 0.3 is 0 Å². The molecule has 0 radical (unpaired) electrons. The fraction of sp³-hybridized carbons (Fsp3) is 0.0769. The molecule has 124 valence electrons. The minimum absolute atomic E-state index is 0.0462. The van der Waals surface area contributed by atoms with Gasteiger partial charge in [-0.2, -0.15) is 0 Å². The Hall–Kier alpha value is -3.11. The van der Waals surface area contributed by atoms with Crippen molar-refractivity contribution >= 4 is 22.9 Å². The standard InChI is InChI=1S/C13H6F5N5O/c1-3(24)23-2-20-13-10(23)11(19)21-12(22-13)4-5(14)7(16)9(18)8(17)6(4)15/h2H,1H3,(H2,19,21,22). The Labute approximate surface area is 129 Å². The van der Waals surface area contributed by atoms with Gasteiger partial charge in [-0.3, -0.25) is 9.36 Å². The van der Waals surface area contributed by atoms with Crippen molar-refractivity contribution in [3.63, 3.8) is 0 Å². The maximum Gasteiger partial charge on any atom is 0.229 e. The first kappa shape index (κ1) is 15.8. The van der Waals surface area contributed by atoms with Crippen molar-refractivity contribution in [3.8, 4) is 11.4 Å². The number of anilines is 1. The average molecular weight is 343 g/mol. The third kappa shape index (κ3) is 2.08. The number of rotatable bonds is 1. The number of hydrogen-bond acceptors (Lipinski definition) is 5. The highest BCUT2D eigenvalue weighted by molar-refractivity contribution is 5.93. The molecule has 0 amide bonds. The molecule has 0 aliphatic carbocycles. The summed E-state index contributed by atoms with van der Waals surface area (Å²) >= 11 is 0. The van der Waals surface area contributed by atoms with Gasteiger partial charge in [0.2, 0.25) is 11.7 Å². The monoisotopic (exact) mass is 343 g/mol. The van der Waals surface area contributed by atoms with E-state index in [2.05, 4.69) is 15.0 Å². The summed E-state index contributed by atoms with van der Waals surface area (Å²) in [5, 5.41) is 0. The van der Waals surface area contributed by atoms with Crippen LogP contribution in [0.1, 0.15) is 11.7 Å². The van der Waals surface area contributed by atoms with Crippen LogP contribution < -0.4 is 5.73 Å². The summed E-state index contributed by atoms with van der Waals surface area (Å²) in [5.41, 5.74) is 3.99. The van der Waals surface area contributed by atoms with E-state index in [0.717, 1.165) is 10.9 Å². The van der Waals surface area contributed by atoms with Crippen molar-refractivity contribution in [2.24, 2.45) is 0 Å². The van der Waals surface area contributed by atoms with Gasteiger partial charge in [-0.25, -0.2) is 36.9 Å². The minimum atomic E-state index is -2.30. The summed E-state index contributed by atoms with van der Waals surface area (Å²) in [6.45, 7) is 1.19. The molecule has 0 saturated carbocycles. The SMILES string of the molecule is CC(=O)n1cnc2nc(-c3c(F)c(F)c(F)c(F)c3F)nc(N)c21. The number of halogens is 5. The molecule has 2 N–H and O–H groups in total. The molecule has 3 rings (SSSR count). The van der Waals surface area contributed by atoms with Crippen LogP contribution >= 0.6 is 0 Å². The number of aromatic nitrogens is 4. The number of carbonyl (C=O) groups excluding carboxylic acids is 1. The summed E-state index contributed by atoms with van der Waals surface area (Å²) in [6, 6.07) is 0. The molecule has 6 nitrogen and oxygen atoms in total. The highest BCUT2D eigenvalue weighted by Crippen LogP contribution is 2.31. The zero-order valence-corrected chi connectivity index (χ0v) is 11.7. The predicted molar refractivity (Wildman–Crippen MR) is 71.3 cm³/mol. The summed E-state index contributed by atoms with van der Waals surface area (Å²) in [4.78, 5) is 22.3. The van der Waals surface area contributed by atoms with Crippen LogP contribution in [0.3, 0.4) is 0 Å². The number of benzene rings is 1. The number of imidazole rings is 1. The van der Waals surface area contributed by atoms with Crippen LogP contribution in [0, 0.1) is 29.1 Å². The fourth-order valence-corrected chi connectivity index (χ4v) is 2.10. The van der Waals surface area contributed by atoms with Gasteiger partial charge in [0, 0.05) is 6.92 Å². The van der Waals surface area contributed by atoms with Crippen molar-refractivity contribution in [1.82, 2.24) is 19.5 Å². The molecule has 0 atom stereocenters. The average Bonchev–Trinajstić information content (AvgIpc) is 2.96. The normalized spacial score (nSPS) is 11.2. The summed E-state index contributed by atoms with van der Waals surface area (Å²) < 4.78 is 68.3. The van der Waals surface area contributed by atoms with Crippen LogP contribution in [0.4, 0.5) is 27.8 Å². The van der Waals surface area contributed by atoms with Crippen molar-refractivity contribution in [2.45, 2.75) is 6.92 Å². The molecule has 2 aromatic heterocycles. The van der Waals surface area contributed by atoms with Crippen molar-refractivity contribution in [3.05, 3.63) is 35.4 Å². The first-order chi connectivity index (χ1) is 11.2. The molecule has 3 aromatic rings. The molecule has 0 aliphatic rings. The van der Waals surface area contributed by atoms with Crippen LogP contribution in [-0.4, -0.2) is 25.4 Å². The van der Waals surface area contributed by atoms with Crippen molar-refractivity contribution in [2.75, 3.05) is 5.73 Å². The van der Waals surface area contributed by atoms with Crippen LogP contribution in [0.25, 0.3) is 22.6 Å².